The van der Waals surface area contributed by atoms with E-state index in [2.05, 4.69) is 272 Å². The number of fused-ring (bicyclic) bond motifs is 22. The molecule has 3 heteroatoms. The first-order valence-corrected chi connectivity index (χ1v) is 26.7. The van der Waals surface area contributed by atoms with Crippen molar-refractivity contribution >= 4 is 17.1 Å². The molecular formula is C74H45NO2. The topological polar surface area (TPSA) is 21.7 Å². The monoisotopic (exact) mass is 979 g/mol. The van der Waals surface area contributed by atoms with E-state index >= 15 is 0 Å². The van der Waals surface area contributed by atoms with Crippen LogP contribution in [-0.2, 0) is 10.8 Å². The maximum absolute atomic E-state index is 7.31. The Morgan fingerprint density at radius 1 is 0.247 bits per heavy atom. The van der Waals surface area contributed by atoms with Crippen LogP contribution in [0.5, 0.6) is 23.0 Å². The van der Waals surface area contributed by atoms with Crippen molar-refractivity contribution in [2.45, 2.75) is 10.8 Å². The largest absolute Gasteiger partial charge is 0.449 e. The van der Waals surface area contributed by atoms with Crippen LogP contribution in [-0.4, -0.2) is 0 Å². The lowest BCUT2D eigenvalue weighted by atomic mass is 9.70. The summed E-state index contributed by atoms with van der Waals surface area (Å²) in [5, 5.41) is 0. The van der Waals surface area contributed by atoms with Gasteiger partial charge < -0.3 is 14.4 Å². The molecule has 0 atom stereocenters. The summed E-state index contributed by atoms with van der Waals surface area (Å²) >= 11 is 0. The fourth-order valence-electron chi connectivity index (χ4n) is 14.5. The van der Waals surface area contributed by atoms with Crippen LogP contribution in [0.3, 0.4) is 0 Å². The third kappa shape index (κ3) is 5.54. The van der Waals surface area contributed by atoms with Gasteiger partial charge >= 0.3 is 0 Å². The molecule has 5 aliphatic rings. The summed E-state index contributed by atoms with van der Waals surface area (Å²) in [6.45, 7) is 0. The Hall–Kier alpha value is -9.96. The van der Waals surface area contributed by atoms with Crippen molar-refractivity contribution in [3.8, 4) is 89.8 Å². The van der Waals surface area contributed by atoms with Crippen LogP contribution in [0.2, 0.25) is 0 Å². The zero-order valence-electron chi connectivity index (χ0n) is 41.7. The molecule has 0 saturated heterocycles. The van der Waals surface area contributed by atoms with Crippen molar-refractivity contribution in [2.24, 2.45) is 0 Å². The van der Waals surface area contributed by atoms with E-state index in [4.69, 9.17) is 9.47 Å². The van der Waals surface area contributed by atoms with Crippen molar-refractivity contribution < 1.29 is 9.47 Å². The fourth-order valence-corrected chi connectivity index (χ4v) is 14.5. The van der Waals surface area contributed by atoms with Gasteiger partial charge in [-0.3, -0.25) is 0 Å². The molecule has 0 aromatic heterocycles. The molecule has 3 nitrogen and oxygen atoms in total. The number of hydrogen-bond donors (Lipinski definition) is 0. The van der Waals surface area contributed by atoms with E-state index in [9.17, 15) is 0 Å². The maximum atomic E-state index is 7.31. The molecule has 0 amide bonds. The number of ether oxygens (including phenoxy) is 2. The normalized spacial score (nSPS) is 14.1. The maximum Gasteiger partial charge on any atom is 0.194 e. The van der Waals surface area contributed by atoms with Gasteiger partial charge in [-0.05, 0) is 148 Å². The second kappa shape index (κ2) is 15.8. The molecule has 17 rings (SSSR count). The highest BCUT2D eigenvalue weighted by molar-refractivity contribution is 6.01. The van der Waals surface area contributed by atoms with E-state index in [0.29, 0.717) is 23.0 Å². The van der Waals surface area contributed by atoms with Crippen molar-refractivity contribution in [1.29, 1.82) is 0 Å². The predicted octanol–water partition coefficient (Wildman–Crippen LogP) is 19.1. The van der Waals surface area contributed by atoms with E-state index in [-0.39, 0.29) is 0 Å². The summed E-state index contributed by atoms with van der Waals surface area (Å²) in [7, 11) is 0. The predicted molar refractivity (Wildman–Crippen MR) is 311 cm³/mol. The molecule has 12 aromatic rings. The number of anilines is 3. The molecule has 0 saturated carbocycles. The lowest BCUT2D eigenvalue weighted by molar-refractivity contribution is 0.360. The molecule has 12 aromatic carbocycles. The van der Waals surface area contributed by atoms with E-state index in [0.717, 1.165) is 39.3 Å². The Bertz CT molecular complexity index is 4380. The zero-order chi connectivity index (χ0) is 50.4. The molecule has 0 unspecified atom stereocenters. The van der Waals surface area contributed by atoms with Gasteiger partial charge in [-0.2, -0.15) is 0 Å². The molecular weight excluding hydrogens is 935 g/mol. The van der Waals surface area contributed by atoms with Gasteiger partial charge in [-0.15, -0.1) is 0 Å². The van der Waals surface area contributed by atoms with E-state index < -0.39 is 10.8 Å². The van der Waals surface area contributed by atoms with Crippen LogP contribution < -0.4 is 14.4 Å². The molecule has 0 N–H and O–H groups in total. The SMILES string of the molecule is c1ccc(-c2ccccc2N(c2ccc(-c3cccc4c3-c3ccccc3C43c4ccccc4-c4ccccc43)cc2)c2cccc3c2Oc2cc4c(cc2O3)C2(c3ccccc3-c3ccccc32)c2ccccc2-4)cc1. The average molecular weight is 980 g/mol. The summed E-state index contributed by atoms with van der Waals surface area (Å²) in [5.74, 6) is 2.70. The highest BCUT2D eigenvalue weighted by atomic mass is 16.6. The summed E-state index contributed by atoms with van der Waals surface area (Å²) in [6.07, 6.45) is 0. The number of rotatable bonds is 5. The van der Waals surface area contributed by atoms with E-state index in [1.165, 1.54) is 89.0 Å². The molecule has 1 heterocycles. The molecule has 77 heavy (non-hydrogen) atoms. The lowest BCUT2D eigenvalue weighted by Gasteiger charge is -2.33. The Morgan fingerprint density at radius 3 is 1.26 bits per heavy atom. The number of nitrogens with zero attached hydrogens (tertiary/aromatic N) is 1. The Morgan fingerprint density at radius 2 is 0.662 bits per heavy atom. The molecule has 0 fully saturated rings. The quantitative estimate of drug-likeness (QED) is 0.172. The molecule has 4 aliphatic carbocycles. The average Bonchev–Trinajstić information content (AvgIpc) is 3.39. The lowest BCUT2D eigenvalue weighted by Crippen LogP contribution is -2.25. The number of benzene rings is 12. The summed E-state index contributed by atoms with van der Waals surface area (Å²) in [5.41, 5.74) is 27.0. The van der Waals surface area contributed by atoms with Gasteiger partial charge in [0.05, 0.1) is 22.2 Å². The van der Waals surface area contributed by atoms with Crippen molar-refractivity contribution in [1.82, 2.24) is 0 Å². The summed E-state index contributed by atoms with van der Waals surface area (Å²) in [4.78, 5) is 2.34. The number of hydrogen-bond acceptors (Lipinski definition) is 3. The van der Waals surface area contributed by atoms with Crippen LogP contribution in [0.1, 0.15) is 44.5 Å². The van der Waals surface area contributed by atoms with Crippen LogP contribution in [0, 0.1) is 0 Å². The van der Waals surface area contributed by atoms with Gasteiger partial charge in [0.2, 0.25) is 0 Å². The van der Waals surface area contributed by atoms with Crippen molar-refractivity contribution in [3.05, 3.63) is 317 Å². The molecule has 0 bridgehead atoms. The van der Waals surface area contributed by atoms with Gasteiger partial charge in [0.15, 0.2) is 23.0 Å². The first kappa shape index (κ1) is 42.4. The fraction of sp³-hybridized carbons (Fsp3) is 0.0270. The van der Waals surface area contributed by atoms with Gasteiger partial charge in [0.1, 0.15) is 0 Å². The second-order valence-corrected chi connectivity index (χ2v) is 20.9. The third-order valence-corrected chi connectivity index (χ3v) is 17.4. The first-order valence-electron chi connectivity index (χ1n) is 26.7. The minimum absolute atomic E-state index is 0.418. The van der Waals surface area contributed by atoms with E-state index in [1.54, 1.807) is 0 Å². The van der Waals surface area contributed by atoms with Crippen molar-refractivity contribution in [3.63, 3.8) is 0 Å². The standard InChI is InChI=1S/C74H45NO2/c1-2-20-46(21-3-1)49-22-10-17-37-66(49)75(48-42-40-47(41-43-48)50-29-18-36-64-71(50)56-28-9-16-35-63(56)73(64)58-30-11-4-23-51(58)52-24-5-12-31-59(52)73)67-38-19-39-68-72(67)77-69-44-57-55-27-8-15-34-62(55)74(65(57)45-70(69)76-68)60-32-13-6-25-53(60)54-26-7-14-33-61(54)74/h1-45H. The minimum Gasteiger partial charge on any atom is -0.449 e. The highest BCUT2D eigenvalue weighted by Gasteiger charge is 2.54. The minimum atomic E-state index is -0.498. The van der Waals surface area contributed by atoms with Gasteiger partial charge in [0.25, 0.3) is 0 Å². The highest BCUT2D eigenvalue weighted by Crippen LogP contribution is 2.67. The second-order valence-electron chi connectivity index (χ2n) is 20.9. The van der Waals surface area contributed by atoms with Gasteiger partial charge in [0, 0.05) is 11.3 Å². The third-order valence-electron chi connectivity index (χ3n) is 17.4. The van der Waals surface area contributed by atoms with Gasteiger partial charge in [-0.25, -0.2) is 0 Å². The molecule has 2 spiro atoms. The van der Waals surface area contributed by atoms with Crippen LogP contribution in [0.25, 0.3) is 66.8 Å². The molecule has 0 radical (unpaired) electrons. The van der Waals surface area contributed by atoms with E-state index in [1.807, 2.05) is 6.07 Å². The molecule has 1 aliphatic heterocycles. The Balaban J connectivity index is 0.821. The van der Waals surface area contributed by atoms with Crippen LogP contribution in [0.15, 0.2) is 273 Å². The number of para-hydroxylation sites is 2. The zero-order valence-corrected chi connectivity index (χ0v) is 41.7. The van der Waals surface area contributed by atoms with Gasteiger partial charge in [-0.1, -0.05) is 231 Å². The van der Waals surface area contributed by atoms with Crippen LogP contribution in [0.4, 0.5) is 17.1 Å². The van der Waals surface area contributed by atoms with Crippen molar-refractivity contribution in [2.75, 3.05) is 4.90 Å². The molecule has 358 valence electrons. The summed E-state index contributed by atoms with van der Waals surface area (Å²) in [6, 6.07) is 100.0. The van der Waals surface area contributed by atoms with Crippen LogP contribution >= 0.6 is 0 Å². The summed E-state index contributed by atoms with van der Waals surface area (Å²) < 4.78 is 14.5. The Labute approximate surface area is 447 Å². The Kier molecular flexibility index (Phi) is 8.69. The first-order chi connectivity index (χ1) is 38.2. The smallest absolute Gasteiger partial charge is 0.194 e.